The Balaban J connectivity index is 1.86. The lowest BCUT2D eigenvalue weighted by atomic mass is 10.2. The van der Waals surface area contributed by atoms with Crippen LogP contribution in [0.15, 0.2) is 24.3 Å². The van der Waals surface area contributed by atoms with Crippen LogP contribution in [0.4, 0.5) is 0 Å². The Hall–Kier alpha value is -2.02. The van der Waals surface area contributed by atoms with Gasteiger partial charge in [-0.05, 0) is 24.6 Å². The van der Waals surface area contributed by atoms with Crippen molar-refractivity contribution in [1.82, 2.24) is 9.88 Å². The average Bonchev–Trinajstić information content (AvgIpc) is 2.98. The van der Waals surface area contributed by atoms with E-state index in [1.165, 1.54) is 0 Å². The number of aryl methyl sites for hydroxylation is 1. The molecule has 22 heavy (non-hydrogen) atoms. The number of amides is 1. The van der Waals surface area contributed by atoms with Crippen LogP contribution < -0.4 is 10.1 Å². The fraction of sp³-hybridized carbons (Fsp3) is 0.400. The molecule has 7 heteroatoms. The summed E-state index contributed by atoms with van der Waals surface area (Å²) in [4.78, 5) is 12.4. The lowest BCUT2D eigenvalue weighted by Crippen LogP contribution is -2.36. The highest BCUT2D eigenvalue weighted by molar-refractivity contribution is 7.91. The molecule has 1 aliphatic heterocycles. The number of sulfone groups is 1. The number of hydrogen-bond acceptors (Lipinski definition) is 4. The number of carbonyl (C=O) groups excluding carboxylic acids is 1. The highest BCUT2D eigenvalue weighted by atomic mass is 32.2. The number of hydrogen-bond donors (Lipinski definition) is 1. The van der Waals surface area contributed by atoms with E-state index >= 15 is 0 Å². The van der Waals surface area contributed by atoms with Crippen LogP contribution in [0, 0.1) is 0 Å². The van der Waals surface area contributed by atoms with Crippen molar-refractivity contribution in [3.63, 3.8) is 0 Å². The lowest BCUT2D eigenvalue weighted by Gasteiger charge is -2.11. The lowest BCUT2D eigenvalue weighted by molar-refractivity contribution is 0.0933. The monoisotopic (exact) mass is 322 g/mol. The number of nitrogens with one attached hydrogen (secondary N) is 1. The molecule has 118 valence electrons. The van der Waals surface area contributed by atoms with Crippen molar-refractivity contribution in [2.45, 2.75) is 12.5 Å². The van der Waals surface area contributed by atoms with E-state index in [4.69, 9.17) is 4.74 Å². The zero-order valence-electron chi connectivity index (χ0n) is 12.5. The molecular weight excluding hydrogens is 304 g/mol. The summed E-state index contributed by atoms with van der Waals surface area (Å²) in [5.74, 6) is 0.642. The molecule has 1 atom stereocenters. The van der Waals surface area contributed by atoms with Crippen molar-refractivity contribution >= 4 is 26.6 Å². The molecule has 1 aromatic heterocycles. The quantitative estimate of drug-likeness (QED) is 0.918. The Bertz CT molecular complexity index is 839. The first kappa shape index (κ1) is 14.9. The van der Waals surface area contributed by atoms with Crippen molar-refractivity contribution in [1.29, 1.82) is 0 Å². The molecule has 0 bridgehead atoms. The average molecular weight is 322 g/mol. The third-order valence-corrected chi connectivity index (χ3v) is 5.82. The first-order valence-electron chi connectivity index (χ1n) is 7.04. The van der Waals surface area contributed by atoms with E-state index in [9.17, 15) is 13.2 Å². The SMILES string of the molecule is COc1ccc2cc(C(=O)NC3CCS(=O)(=O)C3)n(C)c2c1. The number of aromatic nitrogens is 1. The van der Waals surface area contributed by atoms with Gasteiger partial charge in [0.05, 0.1) is 24.1 Å². The predicted molar refractivity (Wildman–Crippen MR) is 84.0 cm³/mol. The third kappa shape index (κ3) is 2.68. The Morgan fingerprint density at radius 1 is 1.36 bits per heavy atom. The molecule has 1 fully saturated rings. The number of nitrogens with zero attached hydrogens (tertiary/aromatic N) is 1. The van der Waals surface area contributed by atoms with E-state index in [0.717, 1.165) is 16.7 Å². The van der Waals surface area contributed by atoms with E-state index in [1.54, 1.807) is 17.7 Å². The van der Waals surface area contributed by atoms with Crippen LogP contribution in [0.3, 0.4) is 0 Å². The minimum Gasteiger partial charge on any atom is -0.497 e. The summed E-state index contributed by atoms with van der Waals surface area (Å²) < 4.78 is 29.9. The van der Waals surface area contributed by atoms with Gasteiger partial charge in [-0.25, -0.2) is 8.42 Å². The van der Waals surface area contributed by atoms with Crippen LogP contribution in [0.5, 0.6) is 5.75 Å². The number of fused-ring (bicyclic) bond motifs is 1. The van der Waals surface area contributed by atoms with Gasteiger partial charge in [0, 0.05) is 24.5 Å². The Kier molecular flexibility index (Phi) is 3.60. The fourth-order valence-corrected chi connectivity index (χ4v) is 4.50. The molecular formula is C15H18N2O4S. The molecule has 1 aliphatic rings. The van der Waals surface area contributed by atoms with Crippen molar-refractivity contribution in [2.75, 3.05) is 18.6 Å². The minimum absolute atomic E-state index is 0.0243. The molecule has 6 nitrogen and oxygen atoms in total. The second kappa shape index (κ2) is 5.31. The van der Waals surface area contributed by atoms with Gasteiger partial charge in [-0.2, -0.15) is 0 Å². The van der Waals surface area contributed by atoms with Crippen LogP contribution in [-0.2, 0) is 16.9 Å². The molecule has 2 heterocycles. The van der Waals surface area contributed by atoms with Gasteiger partial charge in [-0.15, -0.1) is 0 Å². The summed E-state index contributed by atoms with van der Waals surface area (Å²) in [5.41, 5.74) is 1.40. The molecule has 1 unspecified atom stereocenters. The molecule has 1 amide bonds. The fourth-order valence-electron chi connectivity index (χ4n) is 2.82. The molecule has 1 aromatic carbocycles. The summed E-state index contributed by atoms with van der Waals surface area (Å²) in [6.45, 7) is 0. The van der Waals surface area contributed by atoms with Gasteiger partial charge in [-0.1, -0.05) is 0 Å². The molecule has 0 saturated carbocycles. The van der Waals surface area contributed by atoms with E-state index in [1.807, 2.05) is 25.2 Å². The molecule has 3 rings (SSSR count). The number of carbonyl (C=O) groups is 1. The second-order valence-corrected chi connectivity index (χ2v) is 7.82. The van der Waals surface area contributed by atoms with Crippen LogP contribution in [0.2, 0.25) is 0 Å². The van der Waals surface area contributed by atoms with Gasteiger partial charge in [0.25, 0.3) is 5.91 Å². The normalized spacial score (nSPS) is 20.2. The summed E-state index contributed by atoms with van der Waals surface area (Å²) in [6.07, 6.45) is 0.478. The van der Waals surface area contributed by atoms with Gasteiger partial charge in [0.1, 0.15) is 11.4 Å². The Morgan fingerprint density at radius 2 is 2.14 bits per heavy atom. The topological polar surface area (TPSA) is 77.4 Å². The summed E-state index contributed by atoms with van der Waals surface area (Å²) in [6, 6.07) is 7.10. The predicted octanol–water partition coefficient (Wildman–Crippen LogP) is 1.10. The summed E-state index contributed by atoms with van der Waals surface area (Å²) >= 11 is 0. The van der Waals surface area contributed by atoms with Crippen LogP contribution in [0.25, 0.3) is 10.9 Å². The minimum atomic E-state index is -3.01. The molecule has 1 N–H and O–H groups in total. The Labute approximate surface area is 129 Å². The molecule has 2 aromatic rings. The van der Waals surface area contributed by atoms with Gasteiger partial charge >= 0.3 is 0 Å². The van der Waals surface area contributed by atoms with Gasteiger partial charge in [-0.3, -0.25) is 4.79 Å². The molecule has 0 spiro atoms. The van der Waals surface area contributed by atoms with E-state index < -0.39 is 9.84 Å². The van der Waals surface area contributed by atoms with Crippen molar-refractivity contribution in [2.24, 2.45) is 7.05 Å². The van der Waals surface area contributed by atoms with Crippen molar-refractivity contribution in [3.05, 3.63) is 30.0 Å². The highest BCUT2D eigenvalue weighted by Gasteiger charge is 2.29. The summed E-state index contributed by atoms with van der Waals surface area (Å²) in [7, 11) is 0.398. The maximum Gasteiger partial charge on any atom is 0.268 e. The van der Waals surface area contributed by atoms with E-state index in [-0.39, 0.29) is 23.5 Å². The van der Waals surface area contributed by atoms with Crippen LogP contribution in [-0.4, -0.2) is 43.5 Å². The number of benzene rings is 1. The third-order valence-electron chi connectivity index (χ3n) is 4.05. The largest absolute Gasteiger partial charge is 0.497 e. The number of rotatable bonds is 3. The standard InChI is InChI=1S/C15H18N2O4S/c1-17-13-8-12(21-2)4-3-10(13)7-14(17)15(18)16-11-5-6-22(19,20)9-11/h3-4,7-8,11H,5-6,9H2,1-2H3,(H,16,18). The maximum absolute atomic E-state index is 12.4. The summed E-state index contributed by atoms with van der Waals surface area (Å²) in [5, 5.41) is 3.75. The zero-order valence-corrected chi connectivity index (χ0v) is 13.3. The van der Waals surface area contributed by atoms with Crippen molar-refractivity contribution < 1.29 is 17.9 Å². The maximum atomic E-state index is 12.4. The van der Waals surface area contributed by atoms with Crippen LogP contribution in [0.1, 0.15) is 16.9 Å². The number of ether oxygens (including phenoxy) is 1. The van der Waals surface area contributed by atoms with Crippen molar-refractivity contribution in [3.8, 4) is 5.75 Å². The number of methoxy groups -OCH3 is 1. The van der Waals surface area contributed by atoms with Gasteiger partial charge < -0.3 is 14.6 Å². The molecule has 0 radical (unpaired) electrons. The van der Waals surface area contributed by atoms with E-state index in [0.29, 0.717) is 12.1 Å². The molecule has 1 saturated heterocycles. The van der Waals surface area contributed by atoms with Gasteiger partial charge in [0.15, 0.2) is 9.84 Å². The smallest absolute Gasteiger partial charge is 0.268 e. The van der Waals surface area contributed by atoms with E-state index in [2.05, 4.69) is 5.32 Å². The van der Waals surface area contributed by atoms with Gasteiger partial charge in [0.2, 0.25) is 0 Å². The highest BCUT2D eigenvalue weighted by Crippen LogP contribution is 2.24. The second-order valence-electron chi connectivity index (χ2n) is 5.59. The van der Waals surface area contributed by atoms with Crippen LogP contribution >= 0.6 is 0 Å². The zero-order chi connectivity index (χ0) is 15.9. The first-order chi connectivity index (χ1) is 10.4. The Morgan fingerprint density at radius 3 is 2.77 bits per heavy atom. The molecule has 0 aliphatic carbocycles. The first-order valence-corrected chi connectivity index (χ1v) is 8.86.